The first-order valence-electron chi connectivity index (χ1n) is 6.08. The van der Waals surface area contributed by atoms with Crippen molar-refractivity contribution in [2.45, 2.75) is 32.2 Å². The van der Waals surface area contributed by atoms with Crippen LogP contribution in [0.25, 0.3) is 0 Å². The molecular weight excluding hydrogens is 216 g/mol. The van der Waals surface area contributed by atoms with Crippen molar-refractivity contribution in [3.05, 3.63) is 30.1 Å². The molecule has 17 heavy (non-hydrogen) atoms. The maximum Gasteiger partial charge on any atom is 0.163 e. The molecule has 1 atom stereocenters. The zero-order valence-electron chi connectivity index (χ0n) is 10.5. The molecule has 1 aromatic heterocycles. The lowest BCUT2D eigenvalue weighted by molar-refractivity contribution is -0.137. The topological polar surface area (TPSA) is 43.4 Å². The minimum Gasteiger partial charge on any atom is -0.348 e. The van der Waals surface area contributed by atoms with Gasteiger partial charge in [-0.15, -0.1) is 0 Å². The molecule has 1 saturated heterocycles. The van der Waals surface area contributed by atoms with E-state index in [9.17, 15) is 0 Å². The first-order chi connectivity index (χ1) is 8.16. The summed E-state index contributed by atoms with van der Waals surface area (Å²) in [6, 6.07) is 5.99. The third kappa shape index (κ3) is 4.07. The number of hydrogen-bond donors (Lipinski definition) is 1. The Kier molecular flexibility index (Phi) is 4.10. The summed E-state index contributed by atoms with van der Waals surface area (Å²) in [6.45, 7) is 6.30. The minimum absolute atomic E-state index is 0.161. The van der Waals surface area contributed by atoms with E-state index < -0.39 is 5.79 Å². The summed E-state index contributed by atoms with van der Waals surface area (Å²) in [5.41, 5.74) is 1.11. The monoisotopic (exact) mass is 236 g/mol. The van der Waals surface area contributed by atoms with Gasteiger partial charge in [-0.05, 0) is 26.0 Å². The van der Waals surface area contributed by atoms with E-state index >= 15 is 0 Å². The number of rotatable bonds is 5. The van der Waals surface area contributed by atoms with Gasteiger partial charge in [0.25, 0.3) is 0 Å². The molecule has 94 valence electrons. The standard InChI is InChI=1S/C13H20N2O2/c1-13(2)16-10-12(17-13)9-14-8-6-11-5-3-4-7-15-11/h3-5,7,12,14H,6,8-10H2,1-2H3. The summed E-state index contributed by atoms with van der Waals surface area (Å²) >= 11 is 0. The van der Waals surface area contributed by atoms with E-state index in [-0.39, 0.29) is 6.10 Å². The SMILES string of the molecule is CC1(C)OCC(CNCCc2ccccn2)O1. The Bertz CT molecular complexity index is 341. The summed E-state index contributed by atoms with van der Waals surface area (Å²) in [5, 5.41) is 3.37. The molecule has 1 N–H and O–H groups in total. The van der Waals surface area contributed by atoms with Gasteiger partial charge >= 0.3 is 0 Å². The lowest BCUT2D eigenvalue weighted by Crippen LogP contribution is -2.31. The first kappa shape index (κ1) is 12.5. The predicted molar refractivity (Wildman–Crippen MR) is 65.7 cm³/mol. The Hall–Kier alpha value is -0.970. The van der Waals surface area contributed by atoms with Gasteiger partial charge in [-0.2, -0.15) is 0 Å². The van der Waals surface area contributed by atoms with Crippen molar-refractivity contribution in [2.75, 3.05) is 19.7 Å². The Morgan fingerprint density at radius 3 is 3.00 bits per heavy atom. The van der Waals surface area contributed by atoms with Gasteiger partial charge in [0.15, 0.2) is 5.79 Å². The van der Waals surface area contributed by atoms with Crippen LogP contribution >= 0.6 is 0 Å². The van der Waals surface area contributed by atoms with E-state index in [1.165, 1.54) is 0 Å². The molecule has 0 spiro atoms. The second-order valence-electron chi connectivity index (χ2n) is 4.73. The van der Waals surface area contributed by atoms with Gasteiger partial charge in [0.2, 0.25) is 0 Å². The highest BCUT2D eigenvalue weighted by atomic mass is 16.7. The van der Waals surface area contributed by atoms with E-state index in [4.69, 9.17) is 9.47 Å². The van der Waals surface area contributed by atoms with Crippen LogP contribution in [0.1, 0.15) is 19.5 Å². The fourth-order valence-electron chi connectivity index (χ4n) is 1.89. The molecule has 2 heterocycles. The number of aromatic nitrogens is 1. The number of ether oxygens (including phenoxy) is 2. The lowest BCUT2D eigenvalue weighted by Gasteiger charge is -2.17. The third-order valence-electron chi connectivity index (χ3n) is 2.72. The summed E-state index contributed by atoms with van der Waals surface area (Å²) in [4.78, 5) is 4.28. The molecule has 1 aliphatic heterocycles. The molecule has 1 fully saturated rings. The van der Waals surface area contributed by atoms with Crippen molar-refractivity contribution in [1.29, 1.82) is 0 Å². The molecule has 0 aromatic carbocycles. The Labute approximate surface area is 102 Å². The van der Waals surface area contributed by atoms with E-state index in [1.807, 2.05) is 38.2 Å². The van der Waals surface area contributed by atoms with E-state index in [2.05, 4.69) is 10.3 Å². The predicted octanol–water partition coefficient (Wildman–Crippen LogP) is 1.37. The average molecular weight is 236 g/mol. The molecule has 0 saturated carbocycles. The van der Waals surface area contributed by atoms with Crippen molar-refractivity contribution < 1.29 is 9.47 Å². The van der Waals surface area contributed by atoms with Crippen LogP contribution in [0.3, 0.4) is 0 Å². The van der Waals surface area contributed by atoms with Gasteiger partial charge in [-0.25, -0.2) is 0 Å². The molecule has 0 aliphatic carbocycles. The van der Waals surface area contributed by atoms with Crippen LogP contribution in [0.4, 0.5) is 0 Å². The van der Waals surface area contributed by atoms with Crippen LogP contribution < -0.4 is 5.32 Å². The zero-order valence-corrected chi connectivity index (χ0v) is 10.5. The van der Waals surface area contributed by atoms with Crippen molar-refractivity contribution in [3.8, 4) is 0 Å². The Morgan fingerprint density at radius 2 is 2.35 bits per heavy atom. The molecule has 1 aromatic rings. The van der Waals surface area contributed by atoms with Crippen molar-refractivity contribution >= 4 is 0 Å². The summed E-state index contributed by atoms with van der Waals surface area (Å²) in [7, 11) is 0. The number of hydrogen-bond acceptors (Lipinski definition) is 4. The second kappa shape index (κ2) is 5.58. The maximum atomic E-state index is 5.70. The van der Waals surface area contributed by atoms with Crippen LogP contribution in [-0.2, 0) is 15.9 Å². The molecule has 1 aliphatic rings. The van der Waals surface area contributed by atoms with Crippen LogP contribution in [0.2, 0.25) is 0 Å². The van der Waals surface area contributed by atoms with Gasteiger partial charge in [0.1, 0.15) is 0 Å². The first-order valence-corrected chi connectivity index (χ1v) is 6.08. The highest BCUT2D eigenvalue weighted by Gasteiger charge is 2.31. The van der Waals surface area contributed by atoms with Crippen LogP contribution in [0, 0.1) is 0 Å². The van der Waals surface area contributed by atoms with Crippen molar-refractivity contribution in [1.82, 2.24) is 10.3 Å². The van der Waals surface area contributed by atoms with Gasteiger partial charge < -0.3 is 14.8 Å². The highest BCUT2D eigenvalue weighted by molar-refractivity contribution is 5.03. The number of nitrogens with one attached hydrogen (secondary N) is 1. The second-order valence-corrected chi connectivity index (χ2v) is 4.73. The molecule has 0 bridgehead atoms. The minimum atomic E-state index is -0.423. The third-order valence-corrected chi connectivity index (χ3v) is 2.72. The van der Waals surface area contributed by atoms with E-state index in [0.29, 0.717) is 6.61 Å². The smallest absolute Gasteiger partial charge is 0.163 e. The van der Waals surface area contributed by atoms with Gasteiger partial charge in [0, 0.05) is 31.4 Å². The van der Waals surface area contributed by atoms with E-state index in [0.717, 1.165) is 25.2 Å². The van der Waals surface area contributed by atoms with Crippen LogP contribution in [-0.4, -0.2) is 36.6 Å². The fraction of sp³-hybridized carbons (Fsp3) is 0.615. The highest BCUT2D eigenvalue weighted by Crippen LogP contribution is 2.21. The Balaban J connectivity index is 1.61. The molecule has 2 rings (SSSR count). The quantitative estimate of drug-likeness (QED) is 0.784. The zero-order chi connectivity index (χ0) is 12.1. The van der Waals surface area contributed by atoms with Crippen molar-refractivity contribution in [2.24, 2.45) is 0 Å². The normalized spacial score (nSPS) is 22.8. The number of pyridine rings is 1. The Morgan fingerprint density at radius 1 is 1.47 bits per heavy atom. The summed E-state index contributed by atoms with van der Waals surface area (Å²) in [6.07, 6.45) is 2.93. The average Bonchev–Trinajstić information content (AvgIpc) is 2.66. The van der Waals surface area contributed by atoms with Gasteiger partial charge in [-0.1, -0.05) is 6.07 Å². The fourth-order valence-corrected chi connectivity index (χ4v) is 1.89. The van der Waals surface area contributed by atoms with Crippen LogP contribution in [0.15, 0.2) is 24.4 Å². The van der Waals surface area contributed by atoms with E-state index in [1.54, 1.807) is 0 Å². The van der Waals surface area contributed by atoms with Gasteiger partial charge in [0.05, 0.1) is 12.7 Å². The lowest BCUT2D eigenvalue weighted by atomic mass is 10.2. The molecule has 4 nitrogen and oxygen atoms in total. The summed E-state index contributed by atoms with van der Waals surface area (Å²) < 4.78 is 11.2. The molecule has 0 radical (unpaired) electrons. The maximum absolute atomic E-state index is 5.70. The van der Waals surface area contributed by atoms with Gasteiger partial charge in [-0.3, -0.25) is 4.98 Å². The molecule has 4 heteroatoms. The van der Waals surface area contributed by atoms with Crippen LogP contribution in [0.5, 0.6) is 0 Å². The largest absolute Gasteiger partial charge is 0.348 e. The number of nitrogens with zero attached hydrogens (tertiary/aromatic N) is 1. The molecule has 1 unspecified atom stereocenters. The van der Waals surface area contributed by atoms with Crippen molar-refractivity contribution in [3.63, 3.8) is 0 Å². The molecular formula is C13H20N2O2. The summed E-state index contributed by atoms with van der Waals surface area (Å²) in [5.74, 6) is -0.423. The molecule has 0 amide bonds.